The number of carbonyl (C=O) groups excluding carboxylic acids is 1. The molecule has 1 aromatic carbocycles. The SMILES string of the molecule is COc1cccc2sc(C(=O)NCC(C)N(C)C)c(N)c12. The van der Waals surface area contributed by atoms with Crippen molar-refractivity contribution in [1.29, 1.82) is 0 Å². The number of ether oxygens (including phenoxy) is 1. The van der Waals surface area contributed by atoms with Gasteiger partial charge < -0.3 is 20.7 Å². The molecule has 2 rings (SSSR count). The summed E-state index contributed by atoms with van der Waals surface area (Å²) in [5.74, 6) is 0.561. The van der Waals surface area contributed by atoms with Crippen LogP contribution in [-0.4, -0.2) is 44.6 Å². The first-order valence-electron chi connectivity index (χ1n) is 6.75. The fourth-order valence-electron chi connectivity index (χ4n) is 1.98. The quantitative estimate of drug-likeness (QED) is 0.888. The first-order valence-corrected chi connectivity index (χ1v) is 7.57. The number of nitrogens with two attached hydrogens (primary N) is 1. The Kier molecular flexibility index (Phi) is 4.69. The molecule has 0 fully saturated rings. The summed E-state index contributed by atoms with van der Waals surface area (Å²) in [6.07, 6.45) is 0. The number of nitrogens with zero attached hydrogens (tertiary/aromatic N) is 1. The fraction of sp³-hybridized carbons (Fsp3) is 0.400. The second-order valence-corrected chi connectivity index (χ2v) is 6.25. The zero-order valence-corrected chi connectivity index (χ0v) is 13.6. The highest BCUT2D eigenvalue weighted by molar-refractivity contribution is 7.21. The number of methoxy groups -OCH3 is 1. The fourth-order valence-corrected chi connectivity index (χ4v) is 3.04. The van der Waals surface area contributed by atoms with Crippen molar-refractivity contribution in [2.45, 2.75) is 13.0 Å². The smallest absolute Gasteiger partial charge is 0.263 e. The molecule has 114 valence electrons. The largest absolute Gasteiger partial charge is 0.496 e. The number of rotatable bonds is 5. The highest BCUT2D eigenvalue weighted by atomic mass is 32.1. The van der Waals surface area contributed by atoms with Gasteiger partial charge in [-0.3, -0.25) is 4.79 Å². The molecule has 0 aliphatic carbocycles. The van der Waals surface area contributed by atoms with Gasteiger partial charge in [0.05, 0.1) is 18.2 Å². The Morgan fingerprint density at radius 1 is 1.48 bits per heavy atom. The molecule has 1 amide bonds. The molecule has 1 atom stereocenters. The molecule has 0 saturated heterocycles. The van der Waals surface area contributed by atoms with Gasteiger partial charge in [-0.1, -0.05) is 6.07 Å². The van der Waals surface area contributed by atoms with Crippen molar-refractivity contribution < 1.29 is 9.53 Å². The molecular formula is C15H21N3O2S. The summed E-state index contributed by atoms with van der Waals surface area (Å²) in [7, 11) is 5.56. The van der Waals surface area contributed by atoms with E-state index in [0.29, 0.717) is 22.9 Å². The van der Waals surface area contributed by atoms with E-state index in [1.807, 2.05) is 32.3 Å². The van der Waals surface area contributed by atoms with Gasteiger partial charge in [-0.15, -0.1) is 11.3 Å². The van der Waals surface area contributed by atoms with E-state index < -0.39 is 0 Å². The maximum Gasteiger partial charge on any atom is 0.263 e. The number of hydrogen-bond donors (Lipinski definition) is 2. The van der Waals surface area contributed by atoms with Gasteiger partial charge in [0.15, 0.2) is 0 Å². The molecule has 3 N–H and O–H groups in total. The van der Waals surface area contributed by atoms with Gasteiger partial charge in [0, 0.05) is 17.3 Å². The summed E-state index contributed by atoms with van der Waals surface area (Å²) in [6, 6.07) is 5.95. The van der Waals surface area contributed by atoms with E-state index in [2.05, 4.69) is 17.1 Å². The van der Waals surface area contributed by atoms with E-state index in [1.165, 1.54) is 11.3 Å². The van der Waals surface area contributed by atoms with E-state index in [4.69, 9.17) is 10.5 Å². The predicted molar refractivity (Wildman–Crippen MR) is 88.3 cm³/mol. The van der Waals surface area contributed by atoms with E-state index in [9.17, 15) is 4.79 Å². The molecule has 0 aliphatic rings. The number of carbonyl (C=O) groups is 1. The van der Waals surface area contributed by atoms with Crippen LogP contribution in [0.25, 0.3) is 10.1 Å². The van der Waals surface area contributed by atoms with Gasteiger partial charge in [0.25, 0.3) is 5.91 Å². The minimum absolute atomic E-state index is 0.135. The number of hydrogen-bond acceptors (Lipinski definition) is 5. The number of benzene rings is 1. The van der Waals surface area contributed by atoms with Crippen LogP contribution >= 0.6 is 11.3 Å². The molecule has 0 bridgehead atoms. The Hall–Kier alpha value is -1.79. The number of nitrogens with one attached hydrogen (secondary N) is 1. The lowest BCUT2D eigenvalue weighted by Gasteiger charge is -2.19. The van der Waals surface area contributed by atoms with Crippen LogP contribution in [0.3, 0.4) is 0 Å². The maximum atomic E-state index is 12.3. The zero-order chi connectivity index (χ0) is 15.6. The van der Waals surface area contributed by atoms with Crippen LogP contribution in [0.2, 0.25) is 0 Å². The van der Waals surface area contributed by atoms with Crippen molar-refractivity contribution in [3.05, 3.63) is 23.1 Å². The van der Waals surface area contributed by atoms with Crippen molar-refractivity contribution in [3.63, 3.8) is 0 Å². The Bertz CT molecular complexity index is 652. The Labute approximate surface area is 128 Å². The third-order valence-corrected chi connectivity index (χ3v) is 4.75. The van der Waals surface area contributed by atoms with Gasteiger partial charge in [0.1, 0.15) is 10.6 Å². The van der Waals surface area contributed by atoms with Crippen molar-refractivity contribution in [2.75, 3.05) is 33.5 Å². The molecule has 6 heteroatoms. The molecule has 1 unspecified atom stereocenters. The number of fused-ring (bicyclic) bond motifs is 1. The van der Waals surface area contributed by atoms with Crippen molar-refractivity contribution in [3.8, 4) is 5.75 Å². The van der Waals surface area contributed by atoms with Crippen LogP contribution in [0.4, 0.5) is 5.69 Å². The molecule has 5 nitrogen and oxygen atoms in total. The first kappa shape index (κ1) is 15.6. The van der Waals surface area contributed by atoms with Crippen LogP contribution in [0.5, 0.6) is 5.75 Å². The second kappa shape index (κ2) is 6.32. The minimum atomic E-state index is -0.135. The topological polar surface area (TPSA) is 67.6 Å². The van der Waals surface area contributed by atoms with Gasteiger partial charge in [-0.25, -0.2) is 0 Å². The first-order chi connectivity index (χ1) is 9.95. The monoisotopic (exact) mass is 307 g/mol. The van der Waals surface area contributed by atoms with E-state index in [0.717, 1.165) is 10.1 Å². The molecule has 2 aromatic rings. The van der Waals surface area contributed by atoms with Crippen LogP contribution in [-0.2, 0) is 0 Å². The van der Waals surface area contributed by atoms with Crippen LogP contribution < -0.4 is 15.8 Å². The Morgan fingerprint density at radius 3 is 2.81 bits per heavy atom. The Balaban J connectivity index is 2.26. The van der Waals surface area contributed by atoms with Crippen molar-refractivity contribution in [2.24, 2.45) is 0 Å². The van der Waals surface area contributed by atoms with E-state index >= 15 is 0 Å². The standard InChI is InChI=1S/C15H21N3O2S/c1-9(18(2)3)8-17-15(19)14-13(16)12-10(20-4)6-5-7-11(12)21-14/h5-7,9H,8,16H2,1-4H3,(H,17,19). The van der Waals surface area contributed by atoms with E-state index in [-0.39, 0.29) is 11.9 Å². The molecule has 1 aromatic heterocycles. The predicted octanol–water partition coefficient (Wildman–Crippen LogP) is 2.17. The Morgan fingerprint density at radius 2 is 2.19 bits per heavy atom. The second-order valence-electron chi connectivity index (χ2n) is 5.20. The summed E-state index contributed by atoms with van der Waals surface area (Å²) in [4.78, 5) is 14.9. The molecule has 21 heavy (non-hydrogen) atoms. The average molecular weight is 307 g/mol. The van der Waals surface area contributed by atoms with Gasteiger partial charge in [-0.05, 0) is 33.2 Å². The highest BCUT2D eigenvalue weighted by Crippen LogP contribution is 2.39. The number of nitrogen functional groups attached to an aromatic ring is 1. The van der Waals surface area contributed by atoms with Crippen LogP contribution in [0.1, 0.15) is 16.6 Å². The molecule has 1 heterocycles. The third kappa shape index (κ3) is 3.11. The summed E-state index contributed by atoms with van der Waals surface area (Å²) in [5.41, 5.74) is 6.63. The van der Waals surface area contributed by atoms with Crippen LogP contribution in [0.15, 0.2) is 18.2 Å². The maximum absolute atomic E-state index is 12.3. The van der Waals surface area contributed by atoms with Crippen LogP contribution in [0, 0.1) is 0 Å². The average Bonchev–Trinajstić information content (AvgIpc) is 2.81. The lowest BCUT2D eigenvalue weighted by atomic mass is 10.2. The number of likely N-dealkylation sites (N-methyl/N-ethyl adjacent to an activating group) is 1. The van der Waals surface area contributed by atoms with Crippen molar-refractivity contribution in [1.82, 2.24) is 10.2 Å². The molecule has 0 saturated carbocycles. The highest BCUT2D eigenvalue weighted by Gasteiger charge is 2.19. The zero-order valence-electron chi connectivity index (χ0n) is 12.8. The van der Waals surface area contributed by atoms with Gasteiger partial charge in [-0.2, -0.15) is 0 Å². The summed E-state index contributed by atoms with van der Waals surface area (Å²) >= 11 is 1.39. The van der Waals surface area contributed by atoms with Crippen molar-refractivity contribution >= 4 is 33.0 Å². The van der Waals surface area contributed by atoms with Gasteiger partial charge in [0.2, 0.25) is 0 Å². The molecular weight excluding hydrogens is 286 g/mol. The molecule has 0 spiro atoms. The molecule has 0 aliphatic heterocycles. The third-order valence-electron chi connectivity index (χ3n) is 3.58. The number of amides is 1. The number of thiophene rings is 1. The summed E-state index contributed by atoms with van der Waals surface area (Å²) in [6.45, 7) is 2.63. The minimum Gasteiger partial charge on any atom is -0.496 e. The summed E-state index contributed by atoms with van der Waals surface area (Å²) < 4.78 is 6.28. The lowest BCUT2D eigenvalue weighted by molar-refractivity contribution is 0.0948. The van der Waals surface area contributed by atoms with E-state index in [1.54, 1.807) is 7.11 Å². The molecule has 0 radical (unpaired) electrons. The van der Waals surface area contributed by atoms with Gasteiger partial charge >= 0.3 is 0 Å². The summed E-state index contributed by atoms with van der Waals surface area (Å²) in [5, 5.41) is 3.74. The normalized spacial score (nSPS) is 12.6. The number of anilines is 1. The lowest BCUT2D eigenvalue weighted by Crippen LogP contribution is -2.38.